The lowest BCUT2D eigenvalue weighted by atomic mass is 9.84. The number of hydrogen-bond acceptors (Lipinski definition) is 3. The van der Waals surface area contributed by atoms with E-state index in [1.165, 1.54) is 19.4 Å². The molecule has 0 aromatic rings. The number of amides is 2. The Bertz CT molecular complexity index is 385. The second-order valence-corrected chi connectivity index (χ2v) is 6.23. The zero-order valence-electron chi connectivity index (χ0n) is 11.6. The van der Waals surface area contributed by atoms with Gasteiger partial charge in [0, 0.05) is 32.1 Å². The van der Waals surface area contributed by atoms with Crippen molar-refractivity contribution in [3.63, 3.8) is 0 Å². The van der Waals surface area contributed by atoms with Crippen LogP contribution in [0.5, 0.6) is 0 Å². The second kappa shape index (κ2) is 5.12. The predicted molar refractivity (Wildman–Crippen MR) is 71.5 cm³/mol. The molecule has 106 valence electrons. The zero-order valence-corrected chi connectivity index (χ0v) is 11.6. The van der Waals surface area contributed by atoms with Crippen LogP contribution < -0.4 is 5.32 Å². The molecule has 3 atom stereocenters. The maximum atomic E-state index is 12.4. The molecule has 0 radical (unpaired) electrons. The van der Waals surface area contributed by atoms with Gasteiger partial charge in [-0.15, -0.1) is 0 Å². The van der Waals surface area contributed by atoms with Gasteiger partial charge in [-0.25, -0.2) is 0 Å². The van der Waals surface area contributed by atoms with Gasteiger partial charge >= 0.3 is 0 Å². The third-order valence-corrected chi connectivity index (χ3v) is 4.98. The van der Waals surface area contributed by atoms with Gasteiger partial charge in [0.05, 0.1) is 5.92 Å². The maximum absolute atomic E-state index is 12.4. The fourth-order valence-corrected chi connectivity index (χ4v) is 3.89. The lowest BCUT2D eigenvalue weighted by Crippen LogP contribution is -2.54. The lowest BCUT2D eigenvalue weighted by Gasteiger charge is -2.46. The third kappa shape index (κ3) is 2.48. The van der Waals surface area contributed by atoms with Crippen LogP contribution in [0.4, 0.5) is 0 Å². The number of hydrogen-bond donors (Lipinski definition) is 1. The Hall–Kier alpha value is -1.10. The van der Waals surface area contributed by atoms with E-state index in [1.54, 1.807) is 0 Å². The number of nitrogens with zero attached hydrogens (tertiary/aromatic N) is 2. The molecule has 0 aromatic heterocycles. The molecule has 0 aliphatic carbocycles. The van der Waals surface area contributed by atoms with Gasteiger partial charge in [0.25, 0.3) is 0 Å². The summed E-state index contributed by atoms with van der Waals surface area (Å²) in [6.45, 7) is 3.46. The minimum Gasteiger partial charge on any atom is -0.355 e. The Morgan fingerprint density at radius 2 is 2.16 bits per heavy atom. The molecule has 1 N–H and O–H groups in total. The van der Waals surface area contributed by atoms with Crippen LogP contribution in [-0.4, -0.2) is 60.9 Å². The second-order valence-electron chi connectivity index (χ2n) is 6.23. The standard InChI is InChI=1S/C14H23N3O2/c1-16-5-2-3-10-9-17(6-4-12(10)16)14(19)11-7-13(18)15-8-11/h10-12H,2-9H2,1H3,(H,15,18). The van der Waals surface area contributed by atoms with Crippen molar-refractivity contribution in [3.05, 3.63) is 0 Å². The quantitative estimate of drug-likeness (QED) is 0.730. The third-order valence-electron chi connectivity index (χ3n) is 4.98. The fourth-order valence-electron chi connectivity index (χ4n) is 3.89. The molecule has 0 bridgehead atoms. The van der Waals surface area contributed by atoms with Crippen molar-refractivity contribution >= 4 is 11.8 Å². The van der Waals surface area contributed by atoms with E-state index < -0.39 is 0 Å². The summed E-state index contributed by atoms with van der Waals surface area (Å²) in [4.78, 5) is 28.1. The van der Waals surface area contributed by atoms with E-state index in [1.807, 2.05) is 4.90 Å². The number of fused-ring (bicyclic) bond motifs is 1. The highest BCUT2D eigenvalue weighted by Gasteiger charge is 2.38. The number of piperidine rings is 2. The van der Waals surface area contributed by atoms with Crippen LogP contribution in [0, 0.1) is 11.8 Å². The molecular weight excluding hydrogens is 242 g/mol. The molecule has 3 rings (SSSR count). The smallest absolute Gasteiger partial charge is 0.227 e. The molecular formula is C14H23N3O2. The molecule has 3 saturated heterocycles. The van der Waals surface area contributed by atoms with Crippen LogP contribution in [0.25, 0.3) is 0 Å². The highest BCUT2D eigenvalue weighted by atomic mass is 16.2. The van der Waals surface area contributed by atoms with Crippen molar-refractivity contribution in [2.24, 2.45) is 11.8 Å². The highest BCUT2D eigenvalue weighted by Crippen LogP contribution is 2.30. The van der Waals surface area contributed by atoms with Gasteiger partial charge in [0.15, 0.2) is 0 Å². The first kappa shape index (κ1) is 12.9. The number of carbonyl (C=O) groups excluding carboxylic acids is 2. The molecule has 5 heteroatoms. The van der Waals surface area contributed by atoms with E-state index in [0.29, 0.717) is 24.9 Å². The molecule has 19 heavy (non-hydrogen) atoms. The van der Waals surface area contributed by atoms with Crippen molar-refractivity contribution in [3.8, 4) is 0 Å². The first-order valence-corrected chi connectivity index (χ1v) is 7.41. The van der Waals surface area contributed by atoms with Gasteiger partial charge in [-0.05, 0) is 38.8 Å². The fraction of sp³-hybridized carbons (Fsp3) is 0.857. The van der Waals surface area contributed by atoms with Crippen LogP contribution in [0.15, 0.2) is 0 Å². The molecule has 0 saturated carbocycles. The monoisotopic (exact) mass is 265 g/mol. The first-order valence-electron chi connectivity index (χ1n) is 7.41. The topological polar surface area (TPSA) is 52.6 Å². The summed E-state index contributed by atoms with van der Waals surface area (Å²) >= 11 is 0. The summed E-state index contributed by atoms with van der Waals surface area (Å²) in [6.07, 6.45) is 3.94. The average molecular weight is 265 g/mol. The Kier molecular flexibility index (Phi) is 3.48. The van der Waals surface area contributed by atoms with Crippen molar-refractivity contribution in [2.45, 2.75) is 31.7 Å². The largest absolute Gasteiger partial charge is 0.355 e. The molecule has 0 aromatic carbocycles. The minimum absolute atomic E-state index is 0.0191. The molecule has 3 fully saturated rings. The Morgan fingerprint density at radius 1 is 1.32 bits per heavy atom. The van der Waals surface area contributed by atoms with Crippen molar-refractivity contribution in [1.82, 2.24) is 15.1 Å². The Labute approximate surface area is 114 Å². The average Bonchev–Trinajstić information content (AvgIpc) is 2.84. The van der Waals surface area contributed by atoms with Gasteiger partial charge in [-0.3, -0.25) is 9.59 Å². The van der Waals surface area contributed by atoms with Crippen molar-refractivity contribution in [2.75, 3.05) is 33.2 Å². The maximum Gasteiger partial charge on any atom is 0.227 e. The lowest BCUT2D eigenvalue weighted by molar-refractivity contribution is -0.139. The van der Waals surface area contributed by atoms with Crippen LogP contribution in [-0.2, 0) is 9.59 Å². The minimum atomic E-state index is -0.120. The van der Waals surface area contributed by atoms with Gasteiger partial charge < -0.3 is 15.1 Å². The van der Waals surface area contributed by atoms with E-state index in [0.717, 1.165) is 19.5 Å². The number of nitrogens with one attached hydrogen (secondary N) is 1. The van der Waals surface area contributed by atoms with E-state index in [9.17, 15) is 9.59 Å². The summed E-state index contributed by atoms with van der Waals surface area (Å²) < 4.78 is 0. The predicted octanol–water partition coefficient (Wildman–Crippen LogP) is 0.0652. The van der Waals surface area contributed by atoms with Gasteiger partial charge in [0.2, 0.25) is 11.8 Å². The Balaban J connectivity index is 1.61. The van der Waals surface area contributed by atoms with Crippen LogP contribution >= 0.6 is 0 Å². The van der Waals surface area contributed by atoms with Gasteiger partial charge in [-0.1, -0.05) is 0 Å². The van der Waals surface area contributed by atoms with E-state index in [2.05, 4.69) is 17.3 Å². The zero-order chi connectivity index (χ0) is 13.4. The van der Waals surface area contributed by atoms with Crippen molar-refractivity contribution in [1.29, 1.82) is 0 Å². The molecule has 0 spiro atoms. The Morgan fingerprint density at radius 3 is 2.89 bits per heavy atom. The van der Waals surface area contributed by atoms with E-state index in [-0.39, 0.29) is 17.7 Å². The van der Waals surface area contributed by atoms with E-state index in [4.69, 9.17) is 0 Å². The van der Waals surface area contributed by atoms with E-state index >= 15 is 0 Å². The van der Waals surface area contributed by atoms with Crippen LogP contribution in [0.1, 0.15) is 25.7 Å². The number of rotatable bonds is 1. The normalized spacial score (nSPS) is 35.9. The molecule has 3 aliphatic rings. The van der Waals surface area contributed by atoms with Crippen LogP contribution in [0.3, 0.4) is 0 Å². The summed E-state index contributed by atoms with van der Waals surface area (Å²) in [5.74, 6) is 0.711. The first-order chi connectivity index (χ1) is 9.15. The van der Waals surface area contributed by atoms with Gasteiger partial charge in [-0.2, -0.15) is 0 Å². The molecule has 5 nitrogen and oxygen atoms in total. The van der Waals surface area contributed by atoms with Crippen molar-refractivity contribution < 1.29 is 9.59 Å². The summed E-state index contributed by atoms with van der Waals surface area (Å²) in [5.41, 5.74) is 0. The molecule has 3 heterocycles. The van der Waals surface area contributed by atoms with Crippen LogP contribution in [0.2, 0.25) is 0 Å². The van der Waals surface area contributed by atoms with Gasteiger partial charge in [0.1, 0.15) is 0 Å². The molecule has 3 aliphatic heterocycles. The summed E-state index contributed by atoms with van der Waals surface area (Å²) in [7, 11) is 2.20. The summed E-state index contributed by atoms with van der Waals surface area (Å²) in [5, 5.41) is 2.76. The number of likely N-dealkylation sites (tertiary alicyclic amines) is 2. The SMILES string of the molecule is CN1CCCC2CN(C(=O)C3CNC(=O)C3)CCC21. The molecule has 2 amide bonds. The summed E-state index contributed by atoms with van der Waals surface area (Å²) in [6, 6.07) is 0.654. The molecule has 3 unspecified atom stereocenters. The highest BCUT2D eigenvalue weighted by molar-refractivity contribution is 5.89. The number of carbonyl (C=O) groups is 2.